The van der Waals surface area contributed by atoms with E-state index in [2.05, 4.69) is 14.8 Å². The second-order valence-electron chi connectivity index (χ2n) is 6.90. The van der Waals surface area contributed by atoms with Crippen LogP contribution in [0.5, 0.6) is 0 Å². The van der Waals surface area contributed by atoms with Crippen molar-refractivity contribution in [1.29, 1.82) is 0 Å². The number of aliphatic hydroxyl groups excluding tert-OH is 1. The van der Waals surface area contributed by atoms with Gasteiger partial charge in [-0.3, -0.25) is 4.99 Å². The quantitative estimate of drug-likeness (QED) is 0.383. The number of aliphatic hydroxyl groups is 1. The number of ether oxygens (including phenoxy) is 1. The Hall–Kier alpha value is -1.13. The Bertz CT molecular complexity index is 585. The zero-order valence-corrected chi connectivity index (χ0v) is 17.3. The van der Waals surface area contributed by atoms with Crippen molar-refractivity contribution in [1.82, 2.24) is 4.90 Å². The molecule has 8 heteroatoms. The van der Waals surface area contributed by atoms with E-state index in [1.54, 1.807) is 12.1 Å². The van der Waals surface area contributed by atoms with Gasteiger partial charge in [0.1, 0.15) is 5.82 Å². The van der Waals surface area contributed by atoms with E-state index in [0.29, 0.717) is 25.5 Å². The minimum atomic E-state index is -0.216. The monoisotopic (exact) mass is 478 g/mol. The Morgan fingerprint density at radius 2 is 1.92 bits per heavy atom. The molecule has 2 saturated heterocycles. The van der Waals surface area contributed by atoms with Crippen LogP contribution < -0.4 is 10.6 Å². The van der Waals surface area contributed by atoms with Crippen molar-refractivity contribution in [2.75, 3.05) is 57.4 Å². The summed E-state index contributed by atoms with van der Waals surface area (Å²) >= 11 is 0. The van der Waals surface area contributed by atoms with Crippen molar-refractivity contribution in [2.45, 2.75) is 12.8 Å². The van der Waals surface area contributed by atoms with Gasteiger partial charge in [-0.2, -0.15) is 0 Å². The molecule has 1 unspecified atom stereocenters. The Kier molecular flexibility index (Phi) is 7.90. The average molecular weight is 478 g/mol. The molecule has 2 fully saturated rings. The van der Waals surface area contributed by atoms with Crippen LogP contribution >= 0.6 is 24.0 Å². The number of nitrogens with two attached hydrogens (primary N) is 1. The molecule has 1 aromatic rings. The summed E-state index contributed by atoms with van der Waals surface area (Å²) < 4.78 is 18.5. The first kappa shape index (κ1) is 21.2. The molecule has 0 bridgehead atoms. The summed E-state index contributed by atoms with van der Waals surface area (Å²) in [6.45, 7) is 5.34. The number of nitrogens with zero attached hydrogens (tertiary/aromatic N) is 3. The highest BCUT2D eigenvalue weighted by atomic mass is 127. The predicted molar refractivity (Wildman–Crippen MR) is 112 cm³/mol. The van der Waals surface area contributed by atoms with Crippen LogP contribution in [0.25, 0.3) is 0 Å². The Morgan fingerprint density at radius 3 is 2.50 bits per heavy atom. The second kappa shape index (κ2) is 9.70. The third-order valence-electron chi connectivity index (χ3n) is 5.20. The van der Waals surface area contributed by atoms with E-state index in [1.165, 1.54) is 12.1 Å². The van der Waals surface area contributed by atoms with Gasteiger partial charge in [0.25, 0.3) is 0 Å². The fourth-order valence-corrected chi connectivity index (χ4v) is 3.48. The van der Waals surface area contributed by atoms with Gasteiger partial charge < -0.3 is 25.4 Å². The van der Waals surface area contributed by atoms with Gasteiger partial charge in [-0.15, -0.1) is 24.0 Å². The Balaban J connectivity index is 0.00000243. The maximum absolute atomic E-state index is 13.0. The molecular formula is C18H28FIN4O2. The molecule has 0 radical (unpaired) electrons. The normalized spacial score (nSPS) is 23.8. The number of aliphatic imine (C=N–C) groups is 1. The van der Waals surface area contributed by atoms with Crippen molar-refractivity contribution in [3.8, 4) is 0 Å². The predicted octanol–water partition coefficient (Wildman–Crippen LogP) is 1.67. The largest absolute Gasteiger partial charge is 0.396 e. The molecular weight excluding hydrogens is 450 g/mol. The van der Waals surface area contributed by atoms with E-state index in [1.807, 2.05) is 0 Å². The van der Waals surface area contributed by atoms with Crippen LogP contribution in [0.1, 0.15) is 12.8 Å². The summed E-state index contributed by atoms with van der Waals surface area (Å²) in [5.41, 5.74) is 7.15. The van der Waals surface area contributed by atoms with E-state index in [-0.39, 0.29) is 41.8 Å². The molecule has 3 N–H and O–H groups in total. The zero-order chi connectivity index (χ0) is 17.7. The number of rotatable bonds is 5. The van der Waals surface area contributed by atoms with Crippen LogP contribution in [0.15, 0.2) is 29.3 Å². The maximum Gasteiger partial charge on any atom is 0.191 e. The molecule has 0 spiro atoms. The number of hydrogen-bond acceptors (Lipinski definition) is 4. The summed E-state index contributed by atoms with van der Waals surface area (Å²) in [5, 5.41) is 9.29. The molecule has 26 heavy (non-hydrogen) atoms. The van der Waals surface area contributed by atoms with Gasteiger partial charge >= 0.3 is 0 Å². The summed E-state index contributed by atoms with van der Waals surface area (Å²) in [6.07, 6.45) is 1.62. The molecule has 6 nitrogen and oxygen atoms in total. The third-order valence-corrected chi connectivity index (χ3v) is 5.20. The molecule has 0 aromatic heterocycles. The molecule has 0 aliphatic carbocycles. The van der Waals surface area contributed by atoms with Crippen molar-refractivity contribution < 1.29 is 14.2 Å². The summed E-state index contributed by atoms with van der Waals surface area (Å²) in [6, 6.07) is 6.59. The highest BCUT2D eigenvalue weighted by Crippen LogP contribution is 2.32. The molecule has 0 saturated carbocycles. The number of piperazine rings is 1. The summed E-state index contributed by atoms with van der Waals surface area (Å²) in [5.74, 6) is 0.342. The molecule has 2 aliphatic heterocycles. The topological polar surface area (TPSA) is 74.3 Å². The van der Waals surface area contributed by atoms with Crippen molar-refractivity contribution in [3.63, 3.8) is 0 Å². The van der Waals surface area contributed by atoms with E-state index < -0.39 is 0 Å². The van der Waals surface area contributed by atoms with Crippen molar-refractivity contribution >= 4 is 35.6 Å². The van der Waals surface area contributed by atoms with Crippen molar-refractivity contribution in [2.24, 2.45) is 16.1 Å². The van der Waals surface area contributed by atoms with Gasteiger partial charge in [-0.05, 0) is 37.1 Å². The number of anilines is 1. The molecule has 0 amide bonds. The Morgan fingerprint density at radius 1 is 1.23 bits per heavy atom. The number of benzene rings is 1. The summed E-state index contributed by atoms with van der Waals surface area (Å²) in [7, 11) is 0. The maximum atomic E-state index is 13.0. The third kappa shape index (κ3) is 5.20. The summed E-state index contributed by atoms with van der Waals surface area (Å²) in [4.78, 5) is 8.90. The number of halogens is 2. The second-order valence-corrected chi connectivity index (χ2v) is 6.90. The lowest BCUT2D eigenvalue weighted by Crippen LogP contribution is -2.51. The average Bonchev–Trinajstić information content (AvgIpc) is 3.10. The number of hydrogen-bond donors (Lipinski definition) is 2. The van der Waals surface area contributed by atoms with Gasteiger partial charge in [0.2, 0.25) is 0 Å². The minimum Gasteiger partial charge on any atom is -0.396 e. The van der Waals surface area contributed by atoms with E-state index in [4.69, 9.17) is 10.5 Å². The smallest absolute Gasteiger partial charge is 0.191 e. The van der Waals surface area contributed by atoms with Crippen LogP contribution in [-0.4, -0.2) is 68.5 Å². The van der Waals surface area contributed by atoms with Crippen LogP contribution in [0.3, 0.4) is 0 Å². The van der Waals surface area contributed by atoms with Crippen LogP contribution in [-0.2, 0) is 4.74 Å². The fraction of sp³-hybridized carbons (Fsp3) is 0.611. The molecule has 146 valence electrons. The van der Waals surface area contributed by atoms with Gasteiger partial charge in [0.05, 0.1) is 13.2 Å². The standard InChI is InChI=1S/C18H27FN4O2.HI/c19-15-1-3-16(4-2-15)22-7-9-23(10-8-22)17(20)21-13-18(5-11-24)6-12-25-14-18;/h1-4,24H,5-14H2,(H2,20,21);1H. The van der Waals surface area contributed by atoms with E-state index in [0.717, 1.165) is 44.9 Å². The van der Waals surface area contributed by atoms with Gasteiger partial charge in [-0.25, -0.2) is 4.39 Å². The van der Waals surface area contributed by atoms with E-state index >= 15 is 0 Å². The van der Waals surface area contributed by atoms with Crippen LogP contribution in [0.4, 0.5) is 10.1 Å². The first-order valence-electron chi connectivity index (χ1n) is 8.86. The first-order chi connectivity index (χ1) is 12.1. The molecule has 3 rings (SSSR count). The number of guanidine groups is 1. The Labute approximate surface area is 171 Å². The SMILES string of the molecule is I.NC(=NCC1(CCO)CCOC1)N1CCN(c2ccc(F)cc2)CC1. The van der Waals surface area contributed by atoms with Gasteiger partial charge in [0.15, 0.2) is 5.96 Å². The molecule has 1 atom stereocenters. The first-order valence-corrected chi connectivity index (χ1v) is 8.86. The van der Waals surface area contributed by atoms with Gasteiger partial charge in [-0.1, -0.05) is 0 Å². The van der Waals surface area contributed by atoms with Gasteiger partial charge in [0, 0.05) is 50.5 Å². The van der Waals surface area contributed by atoms with Crippen molar-refractivity contribution in [3.05, 3.63) is 30.1 Å². The zero-order valence-electron chi connectivity index (χ0n) is 14.9. The minimum absolute atomic E-state index is 0. The lowest BCUT2D eigenvalue weighted by Gasteiger charge is -2.37. The lowest BCUT2D eigenvalue weighted by atomic mass is 9.84. The van der Waals surface area contributed by atoms with Crippen LogP contribution in [0, 0.1) is 11.2 Å². The highest BCUT2D eigenvalue weighted by Gasteiger charge is 2.34. The fourth-order valence-electron chi connectivity index (χ4n) is 3.48. The molecule has 1 aromatic carbocycles. The molecule has 2 aliphatic rings. The van der Waals surface area contributed by atoms with E-state index in [9.17, 15) is 9.50 Å². The van der Waals surface area contributed by atoms with Crippen LogP contribution in [0.2, 0.25) is 0 Å². The molecule has 2 heterocycles. The highest BCUT2D eigenvalue weighted by molar-refractivity contribution is 14.0. The lowest BCUT2D eigenvalue weighted by molar-refractivity contribution is 0.131.